The maximum absolute atomic E-state index is 12.0. The van der Waals surface area contributed by atoms with E-state index >= 15 is 0 Å². The van der Waals surface area contributed by atoms with Crippen molar-refractivity contribution in [2.45, 2.75) is 31.3 Å². The Bertz CT molecular complexity index is 982. The molecule has 0 spiro atoms. The highest BCUT2D eigenvalue weighted by atomic mass is 79.9. The molecule has 0 radical (unpaired) electrons. The van der Waals surface area contributed by atoms with Crippen molar-refractivity contribution in [1.29, 1.82) is 5.26 Å². The Morgan fingerprint density at radius 3 is 2.78 bits per heavy atom. The zero-order chi connectivity index (χ0) is 19.0. The van der Waals surface area contributed by atoms with E-state index in [4.69, 9.17) is 14.7 Å². The largest absolute Gasteiger partial charge is 0.456 e. The summed E-state index contributed by atoms with van der Waals surface area (Å²) < 4.78 is 11.8. The minimum absolute atomic E-state index is 0.143. The van der Waals surface area contributed by atoms with Crippen molar-refractivity contribution in [2.75, 3.05) is 0 Å². The third-order valence-corrected chi connectivity index (χ3v) is 5.47. The van der Waals surface area contributed by atoms with Crippen molar-refractivity contribution in [3.8, 4) is 17.6 Å². The molecule has 2 atom stereocenters. The third-order valence-electron chi connectivity index (χ3n) is 4.85. The summed E-state index contributed by atoms with van der Waals surface area (Å²) in [5.74, 6) is 0.772. The Balaban J connectivity index is 1.59. The Morgan fingerprint density at radius 2 is 2.07 bits per heavy atom. The zero-order valence-electron chi connectivity index (χ0n) is 14.2. The van der Waals surface area contributed by atoms with Crippen LogP contribution in [-0.4, -0.2) is 18.1 Å². The number of halogens is 1. The molecule has 1 heterocycles. The van der Waals surface area contributed by atoms with Gasteiger partial charge in [-0.15, -0.1) is 0 Å². The predicted octanol–water partition coefficient (Wildman–Crippen LogP) is 4.17. The van der Waals surface area contributed by atoms with Crippen molar-refractivity contribution in [1.82, 2.24) is 5.32 Å². The van der Waals surface area contributed by atoms with Gasteiger partial charge in [-0.05, 0) is 76.7 Å². The van der Waals surface area contributed by atoms with Gasteiger partial charge in [-0.25, -0.2) is 4.79 Å². The molecule has 4 rings (SSSR count). The number of carbonyl (C=O) groups is 2. The number of hydrogen-bond donors (Lipinski definition) is 1. The lowest BCUT2D eigenvalue weighted by Gasteiger charge is -2.28. The molecule has 1 aliphatic carbocycles. The number of hydrogen-bond acceptors (Lipinski definition) is 5. The van der Waals surface area contributed by atoms with Crippen LogP contribution in [0.3, 0.4) is 0 Å². The van der Waals surface area contributed by atoms with Crippen molar-refractivity contribution in [3.63, 3.8) is 0 Å². The molecule has 1 unspecified atom stereocenters. The van der Waals surface area contributed by atoms with Crippen molar-refractivity contribution < 1.29 is 19.1 Å². The quantitative estimate of drug-likeness (QED) is 0.795. The monoisotopic (exact) mass is 426 g/mol. The van der Waals surface area contributed by atoms with Crippen LogP contribution in [0.25, 0.3) is 0 Å². The molecule has 1 fully saturated rings. The zero-order valence-corrected chi connectivity index (χ0v) is 15.8. The van der Waals surface area contributed by atoms with Gasteiger partial charge in [0.05, 0.1) is 16.1 Å². The van der Waals surface area contributed by atoms with E-state index in [2.05, 4.69) is 27.3 Å². The summed E-state index contributed by atoms with van der Waals surface area (Å²) in [5, 5.41) is 11.2. The van der Waals surface area contributed by atoms with E-state index in [-0.39, 0.29) is 11.8 Å². The third kappa shape index (κ3) is 3.40. The number of nitriles is 1. The molecular formula is C20H15BrN2O4. The highest BCUT2D eigenvalue weighted by Crippen LogP contribution is 2.39. The van der Waals surface area contributed by atoms with Crippen LogP contribution in [0.2, 0.25) is 0 Å². The number of nitrogens with one attached hydrogen (secondary N) is 1. The number of cyclic esters (lactones) is 1. The maximum atomic E-state index is 12.0. The van der Waals surface area contributed by atoms with Gasteiger partial charge in [0.25, 0.3) is 5.91 Å². The summed E-state index contributed by atoms with van der Waals surface area (Å²) in [6.07, 6.45) is 1.13. The molecule has 136 valence electrons. The van der Waals surface area contributed by atoms with Gasteiger partial charge in [-0.1, -0.05) is 6.07 Å². The minimum atomic E-state index is -0.768. The number of alkyl carbamates (subject to hydrolysis) is 1. The summed E-state index contributed by atoms with van der Waals surface area (Å²) in [6.45, 7) is 0. The van der Waals surface area contributed by atoms with Crippen LogP contribution < -0.4 is 10.1 Å². The number of benzene rings is 2. The first kappa shape index (κ1) is 17.6. The van der Waals surface area contributed by atoms with Crippen LogP contribution in [0.1, 0.15) is 35.4 Å². The molecule has 2 amide bonds. The molecule has 27 heavy (non-hydrogen) atoms. The van der Waals surface area contributed by atoms with E-state index in [0.717, 1.165) is 30.4 Å². The van der Waals surface area contributed by atoms with Gasteiger partial charge < -0.3 is 9.47 Å². The second-order valence-corrected chi connectivity index (χ2v) is 7.39. The number of nitrogens with zero attached hydrogens (tertiary/aromatic N) is 1. The summed E-state index contributed by atoms with van der Waals surface area (Å²) in [5.41, 5.74) is 2.65. The lowest BCUT2D eigenvalue weighted by molar-refractivity contribution is -0.124. The minimum Gasteiger partial charge on any atom is -0.456 e. The first-order valence-electron chi connectivity index (χ1n) is 8.57. The Labute approximate surface area is 164 Å². The lowest BCUT2D eigenvalue weighted by atomic mass is 9.79. The molecular weight excluding hydrogens is 412 g/mol. The van der Waals surface area contributed by atoms with E-state index in [0.29, 0.717) is 21.5 Å². The number of fused-ring (bicyclic) bond motifs is 1. The van der Waals surface area contributed by atoms with Gasteiger partial charge in [0.15, 0.2) is 6.10 Å². The molecule has 2 aromatic rings. The summed E-state index contributed by atoms with van der Waals surface area (Å²) in [7, 11) is 0. The maximum Gasteiger partial charge on any atom is 0.414 e. The molecule has 1 saturated heterocycles. The van der Waals surface area contributed by atoms with Gasteiger partial charge in [0.2, 0.25) is 0 Å². The molecule has 2 aromatic carbocycles. The Kier molecular flexibility index (Phi) is 4.58. The number of aryl methyl sites for hydroxylation is 1. The Hall–Kier alpha value is -2.85. The van der Waals surface area contributed by atoms with Gasteiger partial charge in [-0.3, -0.25) is 10.1 Å². The number of imide groups is 1. The van der Waals surface area contributed by atoms with E-state index in [1.54, 1.807) is 18.2 Å². The molecule has 2 aliphatic rings. The highest BCUT2D eigenvalue weighted by molar-refractivity contribution is 9.10. The molecule has 0 aromatic heterocycles. The van der Waals surface area contributed by atoms with Crippen LogP contribution in [0.15, 0.2) is 40.9 Å². The highest BCUT2D eigenvalue weighted by Gasteiger charge is 2.41. The number of carbonyl (C=O) groups excluding carboxylic acids is 2. The van der Waals surface area contributed by atoms with Gasteiger partial charge in [0.1, 0.15) is 11.5 Å². The molecule has 6 nitrogen and oxygen atoms in total. The first-order chi connectivity index (χ1) is 13.0. The van der Waals surface area contributed by atoms with Gasteiger partial charge >= 0.3 is 6.09 Å². The van der Waals surface area contributed by atoms with Crippen LogP contribution in [0.4, 0.5) is 4.79 Å². The second-order valence-electron chi connectivity index (χ2n) is 6.53. The van der Waals surface area contributed by atoms with E-state index in [9.17, 15) is 9.59 Å². The van der Waals surface area contributed by atoms with Crippen LogP contribution >= 0.6 is 15.9 Å². The average molecular weight is 427 g/mol. The number of amides is 2. The van der Waals surface area contributed by atoms with E-state index < -0.39 is 12.2 Å². The molecule has 1 aliphatic heterocycles. The van der Waals surface area contributed by atoms with E-state index in [1.165, 1.54) is 0 Å². The number of ether oxygens (including phenoxy) is 2. The predicted molar refractivity (Wildman–Crippen MR) is 99.5 cm³/mol. The second kappa shape index (κ2) is 7.05. The van der Waals surface area contributed by atoms with Gasteiger partial charge in [0, 0.05) is 5.92 Å². The van der Waals surface area contributed by atoms with Crippen molar-refractivity contribution >= 4 is 27.9 Å². The standard InChI is InChI=1S/C20H15BrN2O4/c21-16-8-11(10-22)4-7-17(16)26-13-5-6-14-12(9-13)2-1-3-15(14)18-19(24)23-20(25)27-18/h4-9,15,18H,1-3H2,(H,23,24,25)/t15-,18?/m1/s1. The van der Waals surface area contributed by atoms with Crippen molar-refractivity contribution in [3.05, 3.63) is 57.6 Å². The fourth-order valence-electron chi connectivity index (χ4n) is 3.62. The topological polar surface area (TPSA) is 88.4 Å². The summed E-state index contributed by atoms with van der Waals surface area (Å²) >= 11 is 3.42. The van der Waals surface area contributed by atoms with Crippen LogP contribution in [-0.2, 0) is 16.0 Å². The summed E-state index contributed by atoms with van der Waals surface area (Å²) in [4.78, 5) is 23.3. The first-order valence-corrected chi connectivity index (χ1v) is 9.36. The summed E-state index contributed by atoms with van der Waals surface area (Å²) in [6, 6.07) is 13.0. The molecule has 0 bridgehead atoms. The smallest absolute Gasteiger partial charge is 0.414 e. The fraction of sp³-hybridized carbons (Fsp3) is 0.250. The number of rotatable bonds is 3. The van der Waals surface area contributed by atoms with E-state index in [1.807, 2.05) is 18.2 Å². The lowest BCUT2D eigenvalue weighted by Crippen LogP contribution is -2.31. The van der Waals surface area contributed by atoms with Gasteiger partial charge in [-0.2, -0.15) is 5.26 Å². The normalized spacial score (nSPS) is 21.0. The van der Waals surface area contributed by atoms with Crippen LogP contribution in [0, 0.1) is 11.3 Å². The Morgan fingerprint density at radius 1 is 1.22 bits per heavy atom. The van der Waals surface area contributed by atoms with Crippen LogP contribution in [0.5, 0.6) is 11.5 Å². The fourth-order valence-corrected chi connectivity index (χ4v) is 4.08. The molecule has 7 heteroatoms. The SMILES string of the molecule is N#Cc1ccc(Oc2ccc3c(c2)CCC[C@H]3C2OC(=O)NC2=O)c(Br)c1. The van der Waals surface area contributed by atoms with Crippen molar-refractivity contribution in [2.24, 2.45) is 0 Å². The molecule has 1 N–H and O–H groups in total. The average Bonchev–Trinajstić information content (AvgIpc) is 3.00. The molecule has 0 saturated carbocycles.